The minimum Gasteiger partial charge on any atom is -0.465 e. The summed E-state index contributed by atoms with van der Waals surface area (Å²) >= 11 is 0. The fourth-order valence-corrected chi connectivity index (χ4v) is 2.76. The summed E-state index contributed by atoms with van der Waals surface area (Å²) in [5.74, 6) is 0.371. The smallest absolute Gasteiger partial charge is 0.465 e. The normalized spacial score (nSPS) is 11.1. The molecule has 0 atom stereocenters. The van der Waals surface area contributed by atoms with E-state index in [-0.39, 0.29) is 13.2 Å². The van der Waals surface area contributed by atoms with Gasteiger partial charge in [-0.1, -0.05) is 12.1 Å². The molecule has 0 bridgehead atoms. The van der Waals surface area contributed by atoms with E-state index in [9.17, 15) is 9.36 Å². The third-order valence-corrected chi connectivity index (χ3v) is 3.99. The van der Waals surface area contributed by atoms with Gasteiger partial charge in [0.25, 0.3) is 0 Å². The summed E-state index contributed by atoms with van der Waals surface area (Å²) in [7, 11) is -3.58. The van der Waals surface area contributed by atoms with Crippen LogP contribution < -0.4 is 9.84 Å². The fourth-order valence-electron chi connectivity index (χ4n) is 1.57. The molecule has 8 heteroatoms. The van der Waals surface area contributed by atoms with Gasteiger partial charge in [0.1, 0.15) is 5.75 Å². The Bertz CT molecular complexity index is 480. The molecule has 0 aromatic heterocycles. The molecule has 1 amide bonds. The number of phosphoric ester groups is 1. The van der Waals surface area contributed by atoms with Crippen LogP contribution in [0.2, 0.25) is 0 Å². The van der Waals surface area contributed by atoms with E-state index < -0.39 is 13.9 Å². The molecule has 0 unspecified atom stereocenters. The highest BCUT2D eigenvalue weighted by Crippen LogP contribution is 2.49. The summed E-state index contributed by atoms with van der Waals surface area (Å²) in [5.41, 5.74) is 0.929. The van der Waals surface area contributed by atoms with Crippen LogP contribution in [-0.4, -0.2) is 31.0 Å². The molecule has 0 aliphatic heterocycles. The molecule has 0 aliphatic carbocycles. The summed E-state index contributed by atoms with van der Waals surface area (Å²) in [4.78, 5) is 10.3. The molecule has 0 fully saturated rings. The van der Waals surface area contributed by atoms with Gasteiger partial charge in [-0.3, -0.25) is 9.05 Å². The van der Waals surface area contributed by atoms with Crippen LogP contribution in [0.25, 0.3) is 0 Å². The monoisotopic (exact) mass is 317 g/mol. The van der Waals surface area contributed by atoms with Crippen molar-refractivity contribution in [1.29, 1.82) is 0 Å². The number of benzene rings is 1. The Balaban J connectivity index is 2.60. The highest BCUT2D eigenvalue weighted by Gasteiger charge is 2.27. The lowest BCUT2D eigenvalue weighted by atomic mass is 10.1. The Morgan fingerprint density at radius 3 is 2.24 bits per heavy atom. The minimum absolute atomic E-state index is 0.218. The summed E-state index contributed by atoms with van der Waals surface area (Å²) in [5, 5.41) is 10.8. The predicted octanol–water partition coefficient (Wildman–Crippen LogP) is 3.06. The van der Waals surface area contributed by atoms with Crippen molar-refractivity contribution in [2.75, 3.05) is 19.8 Å². The second-order valence-corrected chi connectivity index (χ2v) is 5.59. The predicted molar refractivity (Wildman–Crippen MR) is 77.7 cm³/mol. The Labute approximate surface area is 123 Å². The van der Waals surface area contributed by atoms with Crippen LogP contribution in [-0.2, 0) is 20.0 Å². The van der Waals surface area contributed by atoms with Crippen LogP contribution in [0.1, 0.15) is 19.4 Å². The molecule has 1 rings (SSSR count). The highest BCUT2D eigenvalue weighted by atomic mass is 31.2. The van der Waals surface area contributed by atoms with Crippen molar-refractivity contribution in [3.63, 3.8) is 0 Å². The number of hydrogen-bond donors (Lipinski definition) is 2. The molecular weight excluding hydrogens is 297 g/mol. The van der Waals surface area contributed by atoms with E-state index in [1.165, 1.54) is 0 Å². The first kappa shape index (κ1) is 17.5. The number of phosphoric acid groups is 1. The maximum Gasteiger partial charge on any atom is 0.530 e. The number of amides is 1. The minimum atomic E-state index is -3.58. The van der Waals surface area contributed by atoms with Gasteiger partial charge in [-0.25, -0.2) is 9.36 Å². The van der Waals surface area contributed by atoms with Crippen molar-refractivity contribution in [2.45, 2.75) is 20.3 Å². The van der Waals surface area contributed by atoms with E-state index in [0.29, 0.717) is 18.7 Å². The maximum absolute atomic E-state index is 12.2. The third kappa shape index (κ3) is 6.62. The van der Waals surface area contributed by atoms with Gasteiger partial charge < -0.3 is 14.9 Å². The van der Waals surface area contributed by atoms with E-state index in [2.05, 4.69) is 5.32 Å². The van der Waals surface area contributed by atoms with Gasteiger partial charge in [0, 0.05) is 6.54 Å². The first-order valence-electron chi connectivity index (χ1n) is 6.63. The van der Waals surface area contributed by atoms with Crippen LogP contribution >= 0.6 is 7.82 Å². The van der Waals surface area contributed by atoms with Crippen molar-refractivity contribution < 1.29 is 28.0 Å². The Morgan fingerprint density at radius 2 is 1.76 bits per heavy atom. The van der Waals surface area contributed by atoms with Crippen molar-refractivity contribution in [1.82, 2.24) is 5.32 Å². The Hall–Kier alpha value is -1.56. The van der Waals surface area contributed by atoms with Gasteiger partial charge in [-0.2, -0.15) is 0 Å². The summed E-state index contributed by atoms with van der Waals surface area (Å²) in [6.45, 7) is 4.17. The lowest BCUT2D eigenvalue weighted by molar-refractivity contribution is 0.167. The molecule has 118 valence electrons. The zero-order chi connectivity index (χ0) is 15.7. The average molecular weight is 317 g/mol. The Morgan fingerprint density at radius 1 is 1.19 bits per heavy atom. The molecular formula is C13H20NO6P. The van der Waals surface area contributed by atoms with Gasteiger partial charge in [0.15, 0.2) is 0 Å². The van der Waals surface area contributed by atoms with Crippen molar-refractivity contribution in [3.05, 3.63) is 29.8 Å². The summed E-state index contributed by atoms with van der Waals surface area (Å²) < 4.78 is 27.5. The molecule has 7 nitrogen and oxygen atoms in total. The maximum atomic E-state index is 12.2. The molecule has 0 saturated carbocycles. The van der Waals surface area contributed by atoms with Crippen LogP contribution in [0.15, 0.2) is 24.3 Å². The topological polar surface area (TPSA) is 94.1 Å². The van der Waals surface area contributed by atoms with Gasteiger partial charge >= 0.3 is 13.9 Å². The first-order chi connectivity index (χ1) is 9.99. The van der Waals surface area contributed by atoms with E-state index in [0.717, 1.165) is 5.56 Å². The first-order valence-corrected chi connectivity index (χ1v) is 8.09. The molecule has 21 heavy (non-hydrogen) atoms. The zero-order valence-electron chi connectivity index (χ0n) is 12.1. The van der Waals surface area contributed by atoms with Gasteiger partial charge in [-0.15, -0.1) is 0 Å². The molecule has 0 radical (unpaired) electrons. The second kappa shape index (κ2) is 8.67. The standard InChI is InChI=1S/C13H20NO6P/c1-3-18-21(17,19-4-2)20-12-7-5-11(6-8-12)9-10-14-13(15)16/h5-8,14H,3-4,9-10H2,1-2H3,(H,15,16). The summed E-state index contributed by atoms with van der Waals surface area (Å²) in [6, 6.07) is 6.81. The largest absolute Gasteiger partial charge is 0.530 e. The van der Waals surface area contributed by atoms with Crippen molar-refractivity contribution >= 4 is 13.9 Å². The SMILES string of the molecule is CCOP(=O)(OCC)Oc1ccc(CCNC(=O)O)cc1. The highest BCUT2D eigenvalue weighted by molar-refractivity contribution is 7.48. The van der Waals surface area contributed by atoms with Crippen LogP contribution in [0.5, 0.6) is 5.75 Å². The molecule has 0 saturated heterocycles. The van der Waals surface area contributed by atoms with Crippen LogP contribution in [0.4, 0.5) is 4.79 Å². The quantitative estimate of drug-likeness (QED) is 0.680. The van der Waals surface area contributed by atoms with E-state index in [1.54, 1.807) is 38.1 Å². The number of hydrogen-bond acceptors (Lipinski definition) is 5. The molecule has 0 heterocycles. The number of nitrogens with one attached hydrogen (secondary N) is 1. The second-order valence-electron chi connectivity index (χ2n) is 4.00. The Kier molecular flexibility index (Phi) is 7.22. The van der Waals surface area contributed by atoms with Crippen molar-refractivity contribution in [2.24, 2.45) is 0 Å². The molecule has 2 N–H and O–H groups in total. The lowest BCUT2D eigenvalue weighted by Gasteiger charge is -2.17. The third-order valence-electron chi connectivity index (χ3n) is 2.40. The number of carboxylic acid groups (broad SMARTS) is 1. The number of carbonyl (C=O) groups is 1. The van der Waals surface area contributed by atoms with Gasteiger partial charge in [0.05, 0.1) is 13.2 Å². The van der Waals surface area contributed by atoms with Crippen LogP contribution in [0, 0.1) is 0 Å². The van der Waals surface area contributed by atoms with Gasteiger partial charge in [-0.05, 0) is 38.0 Å². The molecule has 1 aromatic rings. The summed E-state index contributed by atoms with van der Waals surface area (Å²) in [6.07, 6.45) is -0.495. The zero-order valence-corrected chi connectivity index (χ0v) is 13.0. The van der Waals surface area contributed by atoms with E-state index in [4.69, 9.17) is 18.7 Å². The molecule has 0 aliphatic rings. The molecule has 0 spiro atoms. The average Bonchev–Trinajstić information content (AvgIpc) is 2.41. The lowest BCUT2D eigenvalue weighted by Crippen LogP contribution is -2.23. The van der Waals surface area contributed by atoms with Gasteiger partial charge in [0.2, 0.25) is 0 Å². The van der Waals surface area contributed by atoms with E-state index >= 15 is 0 Å². The molecule has 1 aromatic carbocycles. The van der Waals surface area contributed by atoms with Crippen molar-refractivity contribution in [3.8, 4) is 5.75 Å². The number of rotatable bonds is 9. The fraction of sp³-hybridized carbons (Fsp3) is 0.462. The van der Waals surface area contributed by atoms with Crippen LogP contribution in [0.3, 0.4) is 0 Å². The van der Waals surface area contributed by atoms with E-state index in [1.807, 2.05) is 0 Å².